The lowest BCUT2D eigenvalue weighted by atomic mass is 10.2. The number of hydrogen-bond acceptors (Lipinski definition) is 4. The van der Waals surface area contributed by atoms with Crippen LogP contribution in [0.4, 0.5) is 0 Å². The van der Waals surface area contributed by atoms with E-state index >= 15 is 0 Å². The van der Waals surface area contributed by atoms with Crippen LogP contribution in [0.25, 0.3) is 22.6 Å². The Morgan fingerprint density at radius 1 is 1.23 bits per heavy atom. The van der Waals surface area contributed by atoms with E-state index in [1.54, 1.807) is 18.2 Å². The van der Waals surface area contributed by atoms with Gasteiger partial charge in [0.25, 0.3) is 0 Å². The summed E-state index contributed by atoms with van der Waals surface area (Å²) in [6.07, 6.45) is 0. The number of fused-ring (bicyclic) bond motifs is 1. The number of aromatic carboxylic acids is 1. The fraction of sp³-hybridized carbons (Fsp3) is 0.0667. The Morgan fingerprint density at radius 3 is 2.50 bits per heavy atom. The van der Waals surface area contributed by atoms with E-state index in [0.29, 0.717) is 38.3 Å². The van der Waals surface area contributed by atoms with Gasteiger partial charge in [0.2, 0.25) is 5.89 Å². The summed E-state index contributed by atoms with van der Waals surface area (Å²) in [5.41, 5.74) is 1.63. The highest BCUT2D eigenvalue weighted by molar-refractivity contribution is 6.37. The summed E-state index contributed by atoms with van der Waals surface area (Å²) in [5, 5.41) is 9.66. The van der Waals surface area contributed by atoms with E-state index in [0.717, 1.165) is 0 Å². The summed E-state index contributed by atoms with van der Waals surface area (Å²) >= 11 is 12.2. The fourth-order valence-electron chi connectivity index (χ4n) is 2.06. The van der Waals surface area contributed by atoms with Gasteiger partial charge in [-0.1, -0.05) is 23.2 Å². The fourth-order valence-corrected chi connectivity index (χ4v) is 2.70. The second kappa shape index (κ2) is 5.51. The van der Waals surface area contributed by atoms with Crippen molar-refractivity contribution in [3.63, 3.8) is 0 Å². The average Bonchev–Trinajstić information content (AvgIpc) is 2.89. The van der Waals surface area contributed by atoms with E-state index in [-0.39, 0.29) is 5.56 Å². The molecule has 3 aromatic rings. The van der Waals surface area contributed by atoms with E-state index in [4.69, 9.17) is 37.5 Å². The molecule has 1 heterocycles. The molecule has 0 fully saturated rings. The van der Waals surface area contributed by atoms with Crippen LogP contribution < -0.4 is 4.74 Å². The van der Waals surface area contributed by atoms with Crippen molar-refractivity contribution in [3.8, 4) is 17.2 Å². The van der Waals surface area contributed by atoms with Crippen molar-refractivity contribution >= 4 is 40.3 Å². The number of halogens is 2. The van der Waals surface area contributed by atoms with Gasteiger partial charge in [0.05, 0.1) is 22.7 Å². The maximum Gasteiger partial charge on any atom is 0.335 e. The average molecular weight is 338 g/mol. The number of nitrogens with zero attached hydrogens (tertiary/aromatic N) is 1. The van der Waals surface area contributed by atoms with Crippen molar-refractivity contribution in [2.75, 3.05) is 7.11 Å². The monoisotopic (exact) mass is 337 g/mol. The second-order valence-corrected chi connectivity index (χ2v) is 5.29. The number of methoxy groups -OCH3 is 1. The number of ether oxygens (including phenoxy) is 1. The van der Waals surface area contributed by atoms with Crippen molar-refractivity contribution in [1.82, 2.24) is 4.98 Å². The van der Waals surface area contributed by atoms with Crippen LogP contribution in [0.15, 0.2) is 34.7 Å². The Hall–Kier alpha value is -2.24. The highest BCUT2D eigenvalue weighted by Crippen LogP contribution is 2.37. The Morgan fingerprint density at radius 2 is 1.91 bits per heavy atom. The normalized spacial score (nSPS) is 10.9. The van der Waals surface area contributed by atoms with Gasteiger partial charge in [-0.3, -0.25) is 0 Å². The lowest BCUT2D eigenvalue weighted by Crippen LogP contribution is -1.94. The van der Waals surface area contributed by atoms with Crippen LogP contribution in [0.5, 0.6) is 5.75 Å². The highest BCUT2D eigenvalue weighted by Gasteiger charge is 2.15. The summed E-state index contributed by atoms with van der Waals surface area (Å²) in [7, 11) is 1.47. The van der Waals surface area contributed by atoms with Gasteiger partial charge in [0, 0.05) is 5.56 Å². The number of hydrogen-bond donors (Lipinski definition) is 1. The Bertz CT molecular complexity index is 865. The molecular formula is C15H9Cl2NO4. The largest absolute Gasteiger partial charge is 0.494 e. The quantitative estimate of drug-likeness (QED) is 0.761. The Kier molecular flexibility index (Phi) is 3.68. The second-order valence-electron chi connectivity index (χ2n) is 4.48. The van der Waals surface area contributed by atoms with E-state index in [1.807, 2.05) is 0 Å². The van der Waals surface area contributed by atoms with Gasteiger partial charge in [-0.2, -0.15) is 0 Å². The first-order chi connectivity index (χ1) is 10.5. The summed E-state index contributed by atoms with van der Waals surface area (Å²) in [6.45, 7) is 0. The maximum atomic E-state index is 11.0. The molecule has 2 aromatic carbocycles. The molecule has 5 nitrogen and oxygen atoms in total. The minimum absolute atomic E-state index is 0.137. The molecule has 0 bridgehead atoms. The number of carboxylic acids is 1. The molecule has 0 saturated carbocycles. The number of carboxylic acid groups (broad SMARTS) is 1. The van der Waals surface area contributed by atoms with E-state index in [1.165, 1.54) is 19.2 Å². The van der Waals surface area contributed by atoms with Gasteiger partial charge in [0.15, 0.2) is 11.3 Å². The number of benzene rings is 2. The predicted molar refractivity (Wildman–Crippen MR) is 83.0 cm³/mol. The summed E-state index contributed by atoms with van der Waals surface area (Å²) < 4.78 is 10.7. The first-order valence-corrected chi connectivity index (χ1v) is 6.92. The standard InChI is InChI=1S/C15H9Cl2NO4/c1-21-13-9(16)4-8(5-10(13)17)14-18-11-6-7(15(19)20)2-3-12(11)22-14/h2-6H,1H3,(H,19,20). The topological polar surface area (TPSA) is 72.6 Å². The molecule has 1 aromatic heterocycles. The van der Waals surface area contributed by atoms with Crippen LogP contribution in [0, 0.1) is 0 Å². The van der Waals surface area contributed by atoms with Crippen molar-refractivity contribution in [3.05, 3.63) is 45.9 Å². The molecule has 112 valence electrons. The zero-order valence-electron chi connectivity index (χ0n) is 11.3. The molecule has 0 aliphatic rings. The Labute approximate surface area is 135 Å². The van der Waals surface area contributed by atoms with Crippen LogP contribution >= 0.6 is 23.2 Å². The zero-order valence-corrected chi connectivity index (χ0v) is 12.8. The van der Waals surface area contributed by atoms with Gasteiger partial charge >= 0.3 is 5.97 Å². The van der Waals surface area contributed by atoms with E-state index in [2.05, 4.69) is 4.98 Å². The van der Waals surface area contributed by atoms with Crippen LogP contribution in [-0.2, 0) is 0 Å². The van der Waals surface area contributed by atoms with E-state index in [9.17, 15) is 4.79 Å². The van der Waals surface area contributed by atoms with Gasteiger partial charge in [0.1, 0.15) is 5.52 Å². The first-order valence-electron chi connectivity index (χ1n) is 6.17. The van der Waals surface area contributed by atoms with Gasteiger partial charge in [-0.05, 0) is 30.3 Å². The summed E-state index contributed by atoms with van der Waals surface area (Å²) in [6, 6.07) is 7.69. The van der Waals surface area contributed by atoms with E-state index < -0.39 is 5.97 Å². The summed E-state index contributed by atoms with van der Waals surface area (Å²) in [4.78, 5) is 15.2. The van der Waals surface area contributed by atoms with Crippen molar-refractivity contribution in [1.29, 1.82) is 0 Å². The lowest BCUT2D eigenvalue weighted by Gasteiger charge is -2.06. The van der Waals surface area contributed by atoms with Crippen LogP contribution in [0.1, 0.15) is 10.4 Å². The molecule has 0 amide bonds. The van der Waals surface area contributed by atoms with Crippen molar-refractivity contribution in [2.45, 2.75) is 0 Å². The molecule has 0 atom stereocenters. The number of carbonyl (C=O) groups is 1. The van der Waals surface area contributed by atoms with Crippen LogP contribution in [0.3, 0.4) is 0 Å². The first kappa shape index (κ1) is 14.7. The Balaban J connectivity index is 2.12. The van der Waals surface area contributed by atoms with Crippen LogP contribution in [-0.4, -0.2) is 23.2 Å². The number of rotatable bonds is 3. The molecule has 0 radical (unpaired) electrons. The molecule has 22 heavy (non-hydrogen) atoms. The van der Waals surface area contributed by atoms with Crippen molar-refractivity contribution < 1.29 is 19.1 Å². The third-order valence-electron chi connectivity index (χ3n) is 3.08. The molecule has 0 aliphatic carbocycles. The van der Waals surface area contributed by atoms with Crippen LogP contribution in [0.2, 0.25) is 10.0 Å². The molecule has 0 aliphatic heterocycles. The van der Waals surface area contributed by atoms with Gasteiger partial charge in [-0.15, -0.1) is 0 Å². The molecule has 3 rings (SSSR count). The number of oxazole rings is 1. The molecule has 0 spiro atoms. The molecule has 0 saturated heterocycles. The van der Waals surface area contributed by atoms with Gasteiger partial charge < -0.3 is 14.3 Å². The molecular weight excluding hydrogens is 329 g/mol. The van der Waals surface area contributed by atoms with Crippen molar-refractivity contribution in [2.24, 2.45) is 0 Å². The number of aromatic nitrogens is 1. The SMILES string of the molecule is COc1c(Cl)cc(-c2nc3cc(C(=O)O)ccc3o2)cc1Cl. The molecule has 7 heteroatoms. The maximum absolute atomic E-state index is 11.0. The third kappa shape index (κ3) is 2.49. The summed E-state index contributed by atoms with van der Waals surface area (Å²) in [5.74, 6) is -0.359. The van der Waals surface area contributed by atoms with Gasteiger partial charge in [-0.25, -0.2) is 9.78 Å². The molecule has 1 N–H and O–H groups in total. The molecule has 0 unspecified atom stereocenters. The highest BCUT2D eigenvalue weighted by atomic mass is 35.5. The predicted octanol–water partition coefficient (Wildman–Crippen LogP) is 4.51. The smallest absolute Gasteiger partial charge is 0.335 e. The minimum atomic E-state index is -1.03. The lowest BCUT2D eigenvalue weighted by molar-refractivity contribution is 0.0697. The minimum Gasteiger partial charge on any atom is -0.494 e. The zero-order chi connectivity index (χ0) is 15.9. The third-order valence-corrected chi connectivity index (χ3v) is 3.65.